The summed E-state index contributed by atoms with van der Waals surface area (Å²) in [5.74, 6) is 0.932. The number of phenolic OH excluding ortho intramolecular Hbond substituents is 1. The van der Waals surface area contributed by atoms with Crippen LogP contribution < -0.4 is 4.74 Å². The molecule has 1 heterocycles. The van der Waals surface area contributed by atoms with Gasteiger partial charge in [-0.15, -0.1) is 0 Å². The first-order valence-electron chi connectivity index (χ1n) is 6.72. The zero-order valence-electron chi connectivity index (χ0n) is 11.7. The average molecular weight is 263 g/mol. The summed E-state index contributed by atoms with van der Waals surface area (Å²) in [5.41, 5.74) is 0.349. The maximum absolute atomic E-state index is 12.5. The van der Waals surface area contributed by atoms with Crippen LogP contribution in [0, 0.1) is 5.92 Å². The van der Waals surface area contributed by atoms with Crippen LogP contribution in [-0.2, 0) is 0 Å². The highest BCUT2D eigenvalue weighted by Gasteiger charge is 2.30. The lowest BCUT2D eigenvalue weighted by Gasteiger charge is -2.38. The van der Waals surface area contributed by atoms with E-state index in [1.54, 1.807) is 12.1 Å². The third kappa shape index (κ3) is 2.67. The Labute approximate surface area is 114 Å². The number of hydrogen-bond donors (Lipinski definition) is 1. The molecule has 0 bridgehead atoms. The van der Waals surface area contributed by atoms with Gasteiger partial charge in [0.1, 0.15) is 11.5 Å². The highest BCUT2D eigenvalue weighted by atomic mass is 16.5. The summed E-state index contributed by atoms with van der Waals surface area (Å²) in [6.07, 6.45) is 2.17. The standard InChI is InChI=1S/C15H21NO3/c1-10-5-4-8-16(11(10)2)15(18)13-7-6-12(19-3)9-14(13)17/h6-7,9-11,17H,4-5,8H2,1-3H3. The molecule has 2 atom stereocenters. The zero-order chi connectivity index (χ0) is 14.0. The van der Waals surface area contributed by atoms with Crippen molar-refractivity contribution in [3.63, 3.8) is 0 Å². The van der Waals surface area contributed by atoms with Crippen molar-refractivity contribution in [1.29, 1.82) is 0 Å². The minimum atomic E-state index is -0.0980. The van der Waals surface area contributed by atoms with E-state index < -0.39 is 0 Å². The fourth-order valence-corrected chi connectivity index (χ4v) is 2.60. The molecule has 1 aliphatic heterocycles. The second-order valence-corrected chi connectivity index (χ2v) is 5.24. The van der Waals surface area contributed by atoms with E-state index in [4.69, 9.17) is 4.74 Å². The van der Waals surface area contributed by atoms with Crippen LogP contribution in [-0.4, -0.2) is 35.6 Å². The maximum Gasteiger partial charge on any atom is 0.257 e. The number of nitrogens with zero attached hydrogens (tertiary/aromatic N) is 1. The second-order valence-electron chi connectivity index (χ2n) is 5.24. The molecule has 1 saturated heterocycles. The molecule has 0 aliphatic carbocycles. The molecule has 19 heavy (non-hydrogen) atoms. The topological polar surface area (TPSA) is 49.8 Å². The molecular formula is C15H21NO3. The molecule has 1 N–H and O–H groups in total. The van der Waals surface area contributed by atoms with E-state index in [1.807, 2.05) is 4.90 Å². The normalized spacial score (nSPS) is 23.2. The highest BCUT2D eigenvalue weighted by molar-refractivity contribution is 5.97. The van der Waals surface area contributed by atoms with Crippen LogP contribution in [0.5, 0.6) is 11.5 Å². The van der Waals surface area contributed by atoms with E-state index in [2.05, 4.69) is 13.8 Å². The predicted octanol–water partition coefficient (Wildman–Crippen LogP) is 2.66. The van der Waals surface area contributed by atoms with Gasteiger partial charge in [0, 0.05) is 18.7 Å². The van der Waals surface area contributed by atoms with Gasteiger partial charge in [-0.3, -0.25) is 4.79 Å². The number of rotatable bonds is 2. The molecule has 1 aliphatic rings. The molecule has 2 rings (SSSR count). The van der Waals surface area contributed by atoms with E-state index >= 15 is 0 Å². The van der Waals surface area contributed by atoms with Crippen LogP contribution in [0.4, 0.5) is 0 Å². The SMILES string of the molecule is COc1ccc(C(=O)N2CCCC(C)C2C)c(O)c1. The third-order valence-corrected chi connectivity index (χ3v) is 4.07. The molecule has 1 amide bonds. The highest BCUT2D eigenvalue weighted by Crippen LogP contribution is 2.29. The van der Waals surface area contributed by atoms with Crippen molar-refractivity contribution in [2.75, 3.05) is 13.7 Å². The Morgan fingerprint density at radius 2 is 2.16 bits per heavy atom. The van der Waals surface area contributed by atoms with E-state index in [9.17, 15) is 9.90 Å². The van der Waals surface area contributed by atoms with Gasteiger partial charge in [0.15, 0.2) is 0 Å². The minimum absolute atomic E-state index is 0.0187. The lowest BCUT2D eigenvalue weighted by molar-refractivity contribution is 0.0548. The Bertz CT molecular complexity index is 472. The van der Waals surface area contributed by atoms with E-state index in [0.717, 1.165) is 19.4 Å². The molecule has 1 fully saturated rings. The van der Waals surface area contributed by atoms with Gasteiger partial charge >= 0.3 is 0 Å². The molecular weight excluding hydrogens is 242 g/mol. The fourth-order valence-electron chi connectivity index (χ4n) is 2.60. The number of carbonyl (C=O) groups is 1. The fraction of sp³-hybridized carbons (Fsp3) is 0.533. The lowest BCUT2D eigenvalue weighted by Crippen LogP contribution is -2.46. The number of hydrogen-bond acceptors (Lipinski definition) is 3. The molecule has 0 saturated carbocycles. The van der Waals surface area contributed by atoms with Crippen molar-refractivity contribution in [2.24, 2.45) is 5.92 Å². The quantitative estimate of drug-likeness (QED) is 0.892. The number of methoxy groups -OCH3 is 1. The summed E-state index contributed by atoms with van der Waals surface area (Å²) in [7, 11) is 1.53. The molecule has 1 aromatic carbocycles. The molecule has 1 aromatic rings. The Morgan fingerprint density at radius 1 is 1.42 bits per heavy atom. The van der Waals surface area contributed by atoms with Crippen molar-refractivity contribution >= 4 is 5.91 Å². The largest absolute Gasteiger partial charge is 0.507 e. The van der Waals surface area contributed by atoms with Crippen LogP contribution in [0.3, 0.4) is 0 Å². The molecule has 4 nitrogen and oxygen atoms in total. The zero-order valence-corrected chi connectivity index (χ0v) is 11.7. The van der Waals surface area contributed by atoms with Crippen LogP contribution in [0.2, 0.25) is 0 Å². The van der Waals surface area contributed by atoms with Crippen LogP contribution >= 0.6 is 0 Å². The Balaban J connectivity index is 2.24. The summed E-state index contributed by atoms with van der Waals surface area (Å²) in [5, 5.41) is 9.95. The molecule has 0 aromatic heterocycles. The Hall–Kier alpha value is -1.71. The van der Waals surface area contributed by atoms with E-state index in [0.29, 0.717) is 17.2 Å². The van der Waals surface area contributed by atoms with Crippen molar-refractivity contribution in [3.05, 3.63) is 23.8 Å². The summed E-state index contributed by atoms with van der Waals surface area (Å²) in [4.78, 5) is 14.4. The van der Waals surface area contributed by atoms with Crippen molar-refractivity contribution in [1.82, 2.24) is 4.90 Å². The van der Waals surface area contributed by atoms with Gasteiger partial charge in [0.25, 0.3) is 5.91 Å². The monoisotopic (exact) mass is 263 g/mol. The van der Waals surface area contributed by atoms with Gasteiger partial charge in [0.05, 0.1) is 12.7 Å². The summed E-state index contributed by atoms with van der Waals surface area (Å²) >= 11 is 0. The number of ether oxygens (including phenoxy) is 1. The van der Waals surface area contributed by atoms with Crippen molar-refractivity contribution in [2.45, 2.75) is 32.7 Å². The molecule has 0 spiro atoms. The number of aromatic hydroxyl groups is 1. The number of amides is 1. The van der Waals surface area contributed by atoms with Crippen LogP contribution in [0.15, 0.2) is 18.2 Å². The summed E-state index contributed by atoms with van der Waals surface area (Å²) in [6, 6.07) is 5.02. The number of likely N-dealkylation sites (tertiary alicyclic amines) is 1. The second kappa shape index (κ2) is 5.51. The predicted molar refractivity (Wildman–Crippen MR) is 73.6 cm³/mol. The molecule has 104 valence electrons. The summed E-state index contributed by atoms with van der Waals surface area (Å²) in [6.45, 7) is 5.00. The molecule has 2 unspecified atom stereocenters. The van der Waals surface area contributed by atoms with E-state index in [1.165, 1.54) is 13.2 Å². The van der Waals surface area contributed by atoms with Gasteiger partial charge in [-0.05, 0) is 37.8 Å². The first kappa shape index (κ1) is 13.7. The Morgan fingerprint density at radius 3 is 2.79 bits per heavy atom. The number of carbonyl (C=O) groups excluding carboxylic acids is 1. The number of benzene rings is 1. The van der Waals surface area contributed by atoms with Gasteiger partial charge in [0.2, 0.25) is 0 Å². The number of phenols is 1. The van der Waals surface area contributed by atoms with Crippen LogP contribution in [0.25, 0.3) is 0 Å². The van der Waals surface area contributed by atoms with Crippen LogP contribution in [0.1, 0.15) is 37.0 Å². The Kier molecular flexibility index (Phi) is 3.98. The van der Waals surface area contributed by atoms with Gasteiger partial charge in [-0.25, -0.2) is 0 Å². The van der Waals surface area contributed by atoms with Crippen molar-refractivity contribution < 1.29 is 14.6 Å². The average Bonchev–Trinajstić information content (AvgIpc) is 2.41. The van der Waals surface area contributed by atoms with Gasteiger partial charge in [-0.1, -0.05) is 6.92 Å². The molecule has 4 heteroatoms. The summed E-state index contributed by atoms with van der Waals surface area (Å²) < 4.78 is 5.03. The van der Waals surface area contributed by atoms with Gasteiger partial charge in [-0.2, -0.15) is 0 Å². The molecule has 0 radical (unpaired) electrons. The third-order valence-electron chi connectivity index (χ3n) is 4.07. The van der Waals surface area contributed by atoms with E-state index in [-0.39, 0.29) is 17.7 Å². The smallest absolute Gasteiger partial charge is 0.257 e. The first-order chi connectivity index (χ1) is 9.04. The minimum Gasteiger partial charge on any atom is -0.507 e. The maximum atomic E-state index is 12.5. The lowest BCUT2D eigenvalue weighted by atomic mass is 9.91. The van der Waals surface area contributed by atoms with Crippen molar-refractivity contribution in [3.8, 4) is 11.5 Å². The first-order valence-corrected chi connectivity index (χ1v) is 6.72. The van der Waals surface area contributed by atoms with Gasteiger partial charge < -0.3 is 14.7 Å². The number of piperidine rings is 1.